The first-order valence-corrected chi connectivity index (χ1v) is 8.31. The van der Waals surface area contributed by atoms with Gasteiger partial charge in [0, 0.05) is 5.56 Å². The first-order chi connectivity index (χ1) is 12.0. The Hall–Kier alpha value is -2.56. The highest BCUT2D eigenvalue weighted by atomic mass is 35.5. The summed E-state index contributed by atoms with van der Waals surface area (Å²) in [7, 11) is 0. The highest BCUT2D eigenvalue weighted by molar-refractivity contribution is 6.42. The molecule has 6 heteroatoms. The number of halogens is 2. The van der Waals surface area contributed by atoms with Gasteiger partial charge in [0.25, 0.3) is 5.91 Å². The SMILES string of the molecule is O=C(Cc1cccc2ccccc12)NNC(=O)c1ccc(Cl)c(Cl)c1. The number of hydrogen-bond acceptors (Lipinski definition) is 2. The predicted molar refractivity (Wildman–Crippen MR) is 99.7 cm³/mol. The summed E-state index contributed by atoms with van der Waals surface area (Å²) in [5, 5.41) is 2.71. The molecule has 0 aliphatic rings. The summed E-state index contributed by atoms with van der Waals surface area (Å²) in [4.78, 5) is 24.2. The van der Waals surface area contributed by atoms with E-state index in [2.05, 4.69) is 10.9 Å². The molecule has 0 unspecified atom stereocenters. The van der Waals surface area contributed by atoms with E-state index < -0.39 is 5.91 Å². The monoisotopic (exact) mass is 372 g/mol. The second kappa shape index (κ2) is 7.55. The summed E-state index contributed by atoms with van der Waals surface area (Å²) in [6.07, 6.45) is 0.156. The molecule has 2 N–H and O–H groups in total. The van der Waals surface area contributed by atoms with Gasteiger partial charge >= 0.3 is 0 Å². The van der Waals surface area contributed by atoms with Crippen LogP contribution in [0.2, 0.25) is 10.0 Å². The molecule has 0 radical (unpaired) electrons. The zero-order chi connectivity index (χ0) is 17.8. The van der Waals surface area contributed by atoms with Crippen LogP contribution in [0, 0.1) is 0 Å². The van der Waals surface area contributed by atoms with Gasteiger partial charge in [-0.25, -0.2) is 0 Å². The minimum atomic E-state index is -0.468. The first kappa shape index (κ1) is 17.3. The molecule has 126 valence electrons. The molecule has 0 atom stereocenters. The molecule has 3 rings (SSSR count). The van der Waals surface area contributed by atoms with Gasteiger partial charge in [0.05, 0.1) is 16.5 Å². The van der Waals surface area contributed by atoms with Crippen LogP contribution in [-0.4, -0.2) is 11.8 Å². The van der Waals surface area contributed by atoms with E-state index in [4.69, 9.17) is 23.2 Å². The number of rotatable bonds is 3. The maximum Gasteiger partial charge on any atom is 0.269 e. The van der Waals surface area contributed by atoms with Gasteiger partial charge < -0.3 is 0 Å². The van der Waals surface area contributed by atoms with Crippen molar-refractivity contribution in [3.8, 4) is 0 Å². The molecule has 0 saturated heterocycles. The maximum absolute atomic E-state index is 12.1. The van der Waals surface area contributed by atoms with E-state index in [9.17, 15) is 9.59 Å². The number of carbonyl (C=O) groups excluding carboxylic acids is 2. The van der Waals surface area contributed by atoms with E-state index in [0.717, 1.165) is 16.3 Å². The van der Waals surface area contributed by atoms with E-state index in [-0.39, 0.29) is 17.4 Å². The summed E-state index contributed by atoms with van der Waals surface area (Å²) >= 11 is 11.7. The van der Waals surface area contributed by atoms with Gasteiger partial charge in [0.1, 0.15) is 0 Å². The van der Waals surface area contributed by atoms with Crippen LogP contribution in [0.3, 0.4) is 0 Å². The van der Waals surface area contributed by atoms with Gasteiger partial charge in [-0.3, -0.25) is 20.4 Å². The molecule has 0 aliphatic carbocycles. The van der Waals surface area contributed by atoms with E-state index in [1.165, 1.54) is 18.2 Å². The van der Waals surface area contributed by atoms with E-state index in [1.807, 2.05) is 42.5 Å². The fourth-order valence-electron chi connectivity index (χ4n) is 2.50. The Morgan fingerprint density at radius 1 is 0.840 bits per heavy atom. The van der Waals surface area contributed by atoms with Gasteiger partial charge in [-0.05, 0) is 34.5 Å². The third-order valence-corrected chi connectivity index (χ3v) is 4.47. The highest BCUT2D eigenvalue weighted by Gasteiger charge is 2.11. The summed E-state index contributed by atoms with van der Waals surface area (Å²) in [6, 6.07) is 18.1. The fraction of sp³-hybridized carbons (Fsp3) is 0.0526. The molecule has 0 saturated carbocycles. The van der Waals surface area contributed by atoms with Crippen LogP contribution in [-0.2, 0) is 11.2 Å². The molecule has 0 spiro atoms. The molecule has 3 aromatic rings. The molecule has 0 fully saturated rings. The van der Waals surface area contributed by atoms with Crippen LogP contribution in [0.5, 0.6) is 0 Å². The lowest BCUT2D eigenvalue weighted by Gasteiger charge is -2.09. The van der Waals surface area contributed by atoms with Crippen molar-refractivity contribution in [3.63, 3.8) is 0 Å². The zero-order valence-corrected chi connectivity index (χ0v) is 14.6. The van der Waals surface area contributed by atoms with Crippen molar-refractivity contribution in [2.75, 3.05) is 0 Å². The van der Waals surface area contributed by atoms with Crippen molar-refractivity contribution < 1.29 is 9.59 Å². The Labute approximate surface area is 154 Å². The largest absolute Gasteiger partial charge is 0.273 e. The third-order valence-electron chi connectivity index (χ3n) is 3.73. The second-order valence-electron chi connectivity index (χ2n) is 5.45. The maximum atomic E-state index is 12.1. The molecule has 25 heavy (non-hydrogen) atoms. The number of nitrogens with one attached hydrogen (secondary N) is 2. The third kappa shape index (κ3) is 4.10. The Kier molecular flexibility index (Phi) is 5.22. The van der Waals surface area contributed by atoms with Crippen molar-refractivity contribution >= 4 is 45.8 Å². The second-order valence-corrected chi connectivity index (χ2v) is 6.26. The van der Waals surface area contributed by atoms with Gasteiger partial charge in [0.2, 0.25) is 5.91 Å². The number of hydrazine groups is 1. The molecule has 0 bridgehead atoms. The number of fused-ring (bicyclic) bond motifs is 1. The number of hydrogen-bond donors (Lipinski definition) is 2. The lowest BCUT2D eigenvalue weighted by atomic mass is 10.0. The Morgan fingerprint density at radius 2 is 1.60 bits per heavy atom. The molecular formula is C19H14Cl2N2O2. The average molecular weight is 373 g/mol. The topological polar surface area (TPSA) is 58.2 Å². The highest BCUT2D eigenvalue weighted by Crippen LogP contribution is 2.22. The summed E-state index contributed by atoms with van der Waals surface area (Å²) in [6.45, 7) is 0. The van der Waals surface area contributed by atoms with Crippen LogP contribution in [0.1, 0.15) is 15.9 Å². The van der Waals surface area contributed by atoms with Crippen molar-refractivity contribution in [1.82, 2.24) is 10.9 Å². The summed E-state index contributed by atoms with van der Waals surface area (Å²) in [5.41, 5.74) is 5.98. The van der Waals surface area contributed by atoms with Crippen LogP contribution < -0.4 is 10.9 Å². The predicted octanol–water partition coefficient (Wildman–Crippen LogP) is 4.15. The molecule has 0 heterocycles. The average Bonchev–Trinajstić information content (AvgIpc) is 2.62. The number of benzene rings is 3. The van der Waals surface area contributed by atoms with Crippen molar-refractivity contribution in [2.24, 2.45) is 0 Å². The van der Waals surface area contributed by atoms with E-state index >= 15 is 0 Å². The van der Waals surface area contributed by atoms with Crippen LogP contribution in [0.4, 0.5) is 0 Å². The molecule has 0 aromatic heterocycles. The number of amides is 2. The fourth-order valence-corrected chi connectivity index (χ4v) is 2.80. The van der Waals surface area contributed by atoms with E-state index in [0.29, 0.717) is 10.6 Å². The quantitative estimate of drug-likeness (QED) is 0.678. The Bertz CT molecular complexity index is 952. The normalized spacial score (nSPS) is 10.5. The van der Waals surface area contributed by atoms with Crippen LogP contribution in [0.15, 0.2) is 60.7 Å². The van der Waals surface area contributed by atoms with Gasteiger partial charge in [0.15, 0.2) is 0 Å². The van der Waals surface area contributed by atoms with Crippen molar-refractivity contribution in [3.05, 3.63) is 81.8 Å². The van der Waals surface area contributed by atoms with Gasteiger partial charge in [-0.2, -0.15) is 0 Å². The summed E-state index contributed by atoms with van der Waals surface area (Å²) < 4.78 is 0. The standard InChI is InChI=1S/C19H14Cl2N2O2/c20-16-9-8-14(10-17(16)21)19(25)23-22-18(24)11-13-6-3-5-12-4-1-2-7-15(12)13/h1-10H,11H2,(H,22,24)(H,23,25). The Morgan fingerprint density at radius 3 is 2.40 bits per heavy atom. The smallest absolute Gasteiger partial charge is 0.269 e. The lowest BCUT2D eigenvalue weighted by Crippen LogP contribution is -2.42. The van der Waals surface area contributed by atoms with Gasteiger partial charge in [-0.1, -0.05) is 65.7 Å². The molecule has 0 aliphatic heterocycles. The molecule has 4 nitrogen and oxygen atoms in total. The zero-order valence-electron chi connectivity index (χ0n) is 13.1. The van der Waals surface area contributed by atoms with Crippen LogP contribution in [0.25, 0.3) is 10.8 Å². The molecule has 2 amide bonds. The van der Waals surface area contributed by atoms with E-state index in [1.54, 1.807) is 0 Å². The van der Waals surface area contributed by atoms with Crippen molar-refractivity contribution in [1.29, 1.82) is 0 Å². The lowest BCUT2D eigenvalue weighted by molar-refractivity contribution is -0.121. The van der Waals surface area contributed by atoms with Crippen molar-refractivity contribution in [2.45, 2.75) is 6.42 Å². The van der Waals surface area contributed by atoms with Gasteiger partial charge in [-0.15, -0.1) is 0 Å². The molecule has 3 aromatic carbocycles. The summed E-state index contributed by atoms with van der Waals surface area (Å²) in [5.74, 6) is -0.783. The minimum absolute atomic E-state index is 0.156. The number of carbonyl (C=O) groups is 2. The minimum Gasteiger partial charge on any atom is -0.273 e. The first-order valence-electron chi connectivity index (χ1n) is 7.55. The Balaban J connectivity index is 1.64. The molecular weight excluding hydrogens is 359 g/mol. The van der Waals surface area contributed by atoms with Crippen LogP contribution >= 0.6 is 23.2 Å².